The maximum atomic E-state index is 13.4. The molecule has 2 aromatic carbocycles. The fourth-order valence-corrected chi connectivity index (χ4v) is 4.30. The van der Waals surface area contributed by atoms with Crippen LogP contribution >= 0.6 is 0 Å². The molecule has 31 heavy (non-hydrogen) atoms. The lowest BCUT2D eigenvalue weighted by molar-refractivity contribution is -0.133. The van der Waals surface area contributed by atoms with E-state index in [-0.39, 0.29) is 5.92 Å². The quantitative estimate of drug-likeness (QED) is 0.439. The van der Waals surface area contributed by atoms with Crippen LogP contribution in [0.4, 0.5) is 0 Å². The van der Waals surface area contributed by atoms with E-state index in [0.717, 1.165) is 38.1 Å². The Morgan fingerprint density at radius 2 is 1.94 bits per heavy atom. The first kappa shape index (κ1) is 21.2. The van der Waals surface area contributed by atoms with Crippen molar-refractivity contribution in [3.63, 3.8) is 0 Å². The maximum absolute atomic E-state index is 13.4. The molecule has 1 saturated carbocycles. The molecule has 162 valence electrons. The first-order valence-corrected chi connectivity index (χ1v) is 11.3. The lowest BCUT2D eigenvalue weighted by atomic mass is 10.1. The Hall–Kier alpha value is -3.01. The number of amides is 1. The van der Waals surface area contributed by atoms with Crippen LogP contribution in [0.25, 0.3) is 0 Å². The van der Waals surface area contributed by atoms with Crippen LogP contribution in [-0.2, 0) is 17.9 Å². The standard InChI is InChI=1S/C27H32N2O2/c1-3-4-15-29(27(30)26-18-25(26)22-11-6-5-7-12-22)20-23-13-9-16-28(23)19-21-10-8-14-24(17-21)31-2/h5-14,16-17,25-26H,3-4,15,18-20H2,1-2H3/t25-,26-/m1/s1. The zero-order chi connectivity index (χ0) is 21.6. The normalized spacial score (nSPS) is 17.4. The zero-order valence-corrected chi connectivity index (χ0v) is 18.5. The van der Waals surface area contributed by atoms with Crippen molar-refractivity contribution in [1.29, 1.82) is 0 Å². The lowest BCUT2D eigenvalue weighted by Crippen LogP contribution is -2.33. The summed E-state index contributed by atoms with van der Waals surface area (Å²) in [6, 6.07) is 22.8. The molecule has 0 N–H and O–H groups in total. The molecule has 0 aliphatic heterocycles. The maximum Gasteiger partial charge on any atom is 0.226 e. The van der Waals surface area contributed by atoms with E-state index in [0.29, 0.717) is 18.4 Å². The number of rotatable bonds is 10. The predicted molar refractivity (Wildman–Crippen MR) is 124 cm³/mol. The van der Waals surface area contributed by atoms with Crippen molar-refractivity contribution in [2.45, 2.75) is 45.2 Å². The summed E-state index contributed by atoms with van der Waals surface area (Å²) < 4.78 is 7.60. The molecular formula is C27H32N2O2. The monoisotopic (exact) mass is 416 g/mol. The van der Waals surface area contributed by atoms with Crippen LogP contribution in [-0.4, -0.2) is 29.0 Å². The van der Waals surface area contributed by atoms with Gasteiger partial charge in [-0.15, -0.1) is 0 Å². The van der Waals surface area contributed by atoms with Crippen molar-refractivity contribution in [2.75, 3.05) is 13.7 Å². The van der Waals surface area contributed by atoms with Gasteiger partial charge in [0.2, 0.25) is 5.91 Å². The largest absolute Gasteiger partial charge is 0.497 e. The third-order valence-electron chi connectivity index (χ3n) is 6.19. The average Bonchev–Trinajstić information content (AvgIpc) is 3.50. The summed E-state index contributed by atoms with van der Waals surface area (Å²) in [5.41, 5.74) is 3.65. The van der Waals surface area contributed by atoms with Gasteiger partial charge in [0.1, 0.15) is 5.75 Å². The zero-order valence-electron chi connectivity index (χ0n) is 18.5. The van der Waals surface area contributed by atoms with E-state index in [4.69, 9.17) is 4.74 Å². The van der Waals surface area contributed by atoms with Crippen molar-refractivity contribution < 1.29 is 9.53 Å². The molecule has 4 rings (SSSR count). The van der Waals surface area contributed by atoms with Crippen molar-refractivity contribution in [3.05, 3.63) is 89.7 Å². The summed E-state index contributed by atoms with van der Waals surface area (Å²) in [6.45, 7) is 4.43. The fraction of sp³-hybridized carbons (Fsp3) is 0.370. The Bertz CT molecular complexity index is 995. The number of nitrogens with zero attached hydrogens (tertiary/aromatic N) is 2. The van der Waals surface area contributed by atoms with Crippen LogP contribution in [0.5, 0.6) is 5.75 Å². The number of unbranched alkanes of at least 4 members (excludes halogenated alkanes) is 1. The minimum atomic E-state index is 0.126. The van der Waals surface area contributed by atoms with Crippen LogP contribution in [0.1, 0.15) is 48.9 Å². The van der Waals surface area contributed by atoms with Gasteiger partial charge in [-0.25, -0.2) is 0 Å². The highest BCUT2D eigenvalue weighted by molar-refractivity contribution is 5.83. The van der Waals surface area contributed by atoms with Gasteiger partial charge in [-0.2, -0.15) is 0 Å². The van der Waals surface area contributed by atoms with Crippen LogP contribution in [0.15, 0.2) is 72.9 Å². The van der Waals surface area contributed by atoms with Crippen molar-refractivity contribution in [3.8, 4) is 5.75 Å². The van der Waals surface area contributed by atoms with E-state index >= 15 is 0 Å². The van der Waals surface area contributed by atoms with E-state index in [1.807, 2.05) is 18.2 Å². The van der Waals surface area contributed by atoms with Gasteiger partial charge >= 0.3 is 0 Å². The van der Waals surface area contributed by atoms with Crippen molar-refractivity contribution >= 4 is 5.91 Å². The molecule has 0 bridgehead atoms. The molecule has 1 aromatic heterocycles. The van der Waals surface area contributed by atoms with Crippen LogP contribution < -0.4 is 4.74 Å². The van der Waals surface area contributed by atoms with Gasteiger partial charge in [0.25, 0.3) is 0 Å². The van der Waals surface area contributed by atoms with Crippen LogP contribution in [0.3, 0.4) is 0 Å². The molecule has 0 radical (unpaired) electrons. The average molecular weight is 417 g/mol. The molecule has 0 unspecified atom stereocenters. The van der Waals surface area contributed by atoms with Crippen LogP contribution in [0.2, 0.25) is 0 Å². The highest BCUT2D eigenvalue weighted by Gasteiger charge is 2.45. The van der Waals surface area contributed by atoms with Gasteiger partial charge in [-0.05, 0) is 54.2 Å². The summed E-state index contributed by atoms with van der Waals surface area (Å²) in [5.74, 6) is 1.67. The second kappa shape index (κ2) is 9.86. The smallest absolute Gasteiger partial charge is 0.226 e. The fourth-order valence-electron chi connectivity index (χ4n) is 4.30. The van der Waals surface area contributed by atoms with Crippen molar-refractivity contribution in [2.24, 2.45) is 5.92 Å². The minimum absolute atomic E-state index is 0.126. The molecule has 1 heterocycles. The molecule has 0 saturated heterocycles. The molecule has 1 aliphatic carbocycles. The number of methoxy groups -OCH3 is 1. The molecule has 2 atom stereocenters. The van der Waals surface area contributed by atoms with Gasteiger partial charge in [0.05, 0.1) is 13.7 Å². The van der Waals surface area contributed by atoms with Gasteiger partial charge in [-0.3, -0.25) is 4.79 Å². The molecule has 1 aliphatic rings. The molecular weight excluding hydrogens is 384 g/mol. The second-order valence-electron chi connectivity index (χ2n) is 8.45. The number of benzene rings is 2. The lowest BCUT2D eigenvalue weighted by Gasteiger charge is -2.24. The number of aromatic nitrogens is 1. The van der Waals surface area contributed by atoms with E-state index in [9.17, 15) is 4.79 Å². The van der Waals surface area contributed by atoms with Gasteiger partial charge < -0.3 is 14.2 Å². The summed E-state index contributed by atoms with van der Waals surface area (Å²) in [4.78, 5) is 15.5. The predicted octanol–water partition coefficient (Wildman–Crippen LogP) is 5.48. The molecule has 3 aromatic rings. The van der Waals surface area contributed by atoms with Gasteiger partial charge in [0.15, 0.2) is 0 Å². The summed E-state index contributed by atoms with van der Waals surface area (Å²) in [5, 5.41) is 0. The van der Waals surface area contributed by atoms with Crippen LogP contribution in [0, 0.1) is 5.92 Å². The summed E-state index contributed by atoms with van der Waals surface area (Å²) in [6.07, 6.45) is 5.18. The highest BCUT2D eigenvalue weighted by Crippen LogP contribution is 2.48. The molecule has 1 fully saturated rings. The Morgan fingerprint density at radius 3 is 2.71 bits per heavy atom. The molecule has 4 nitrogen and oxygen atoms in total. The number of ether oxygens (including phenoxy) is 1. The third-order valence-corrected chi connectivity index (χ3v) is 6.19. The number of hydrogen-bond donors (Lipinski definition) is 0. The topological polar surface area (TPSA) is 34.5 Å². The summed E-state index contributed by atoms with van der Waals surface area (Å²) in [7, 11) is 1.69. The molecule has 4 heteroatoms. The van der Waals surface area contributed by atoms with E-state index < -0.39 is 0 Å². The van der Waals surface area contributed by atoms with E-state index in [2.05, 4.69) is 71.1 Å². The van der Waals surface area contributed by atoms with Gasteiger partial charge in [0, 0.05) is 30.9 Å². The Balaban J connectivity index is 1.46. The SMILES string of the molecule is CCCCN(Cc1cccn1Cc1cccc(OC)c1)C(=O)[C@@H]1C[C@@H]1c1ccccc1. The highest BCUT2D eigenvalue weighted by atomic mass is 16.5. The second-order valence-corrected chi connectivity index (χ2v) is 8.45. The van der Waals surface area contributed by atoms with E-state index in [1.54, 1.807) is 7.11 Å². The Kier molecular flexibility index (Phi) is 6.76. The Labute approximate surface area is 185 Å². The van der Waals surface area contributed by atoms with Crippen molar-refractivity contribution in [1.82, 2.24) is 9.47 Å². The number of carbonyl (C=O) groups excluding carboxylic acids is 1. The first-order valence-electron chi connectivity index (χ1n) is 11.3. The third kappa shape index (κ3) is 5.19. The minimum Gasteiger partial charge on any atom is -0.497 e. The first-order chi connectivity index (χ1) is 15.2. The number of hydrogen-bond acceptors (Lipinski definition) is 2. The summed E-state index contributed by atoms with van der Waals surface area (Å²) >= 11 is 0. The van der Waals surface area contributed by atoms with E-state index in [1.165, 1.54) is 16.8 Å². The Morgan fingerprint density at radius 1 is 1.10 bits per heavy atom. The number of carbonyl (C=O) groups is 1. The molecule has 1 amide bonds. The molecule has 0 spiro atoms. The van der Waals surface area contributed by atoms with Gasteiger partial charge in [-0.1, -0.05) is 55.8 Å².